The topological polar surface area (TPSA) is 59.0 Å². The van der Waals surface area contributed by atoms with E-state index < -0.39 is 5.82 Å². The van der Waals surface area contributed by atoms with Crippen LogP contribution in [0.25, 0.3) is 10.9 Å². The number of nitrogens with one attached hydrogen (secondary N) is 1. The van der Waals surface area contributed by atoms with Crippen molar-refractivity contribution < 1.29 is 13.9 Å². The van der Waals surface area contributed by atoms with E-state index in [4.69, 9.17) is 9.47 Å². The molecule has 0 unspecified atom stereocenters. The number of aromatic nitrogens is 1. The van der Waals surface area contributed by atoms with Crippen LogP contribution in [0.3, 0.4) is 0 Å². The highest BCUT2D eigenvalue weighted by Crippen LogP contribution is 2.41. The molecule has 1 N–H and O–H groups in total. The molecule has 1 aliphatic rings. The fraction of sp³-hybridized carbons (Fsp3) is 0.214. The van der Waals surface area contributed by atoms with Gasteiger partial charge in [-0.25, -0.2) is 9.38 Å². The third-order valence-electron chi connectivity index (χ3n) is 6.13. The van der Waals surface area contributed by atoms with Crippen molar-refractivity contribution >= 4 is 39.4 Å². The van der Waals surface area contributed by atoms with Crippen molar-refractivity contribution in [3.8, 4) is 17.2 Å². The monoisotopic (exact) mass is 502 g/mol. The average Bonchev–Trinajstić information content (AvgIpc) is 2.91. The molecule has 0 saturated carbocycles. The zero-order valence-corrected chi connectivity index (χ0v) is 21.2. The Balaban J connectivity index is 1.38. The smallest absolute Gasteiger partial charge is 0.185 e. The predicted molar refractivity (Wildman–Crippen MR) is 145 cm³/mol. The molecular weight excluding hydrogens is 475 g/mol. The van der Waals surface area contributed by atoms with Gasteiger partial charge in [0.05, 0.1) is 24.0 Å². The lowest BCUT2D eigenvalue weighted by Crippen LogP contribution is -2.28. The molecule has 0 amide bonds. The van der Waals surface area contributed by atoms with E-state index in [9.17, 15) is 0 Å². The Kier molecular flexibility index (Phi) is 6.95. The Labute approximate surface area is 214 Å². The number of aryl methyl sites for hydroxylation is 1. The lowest BCUT2D eigenvalue weighted by atomic mass is 10.1. The lowest BCUT2D eigenvalue weighted by Gasteiger charge is -2.25. The summed E-state index contributed by atoms with van der Waals surface area (Å²) in [7, 11) is 3.63. The van der Waals surface area contributed by atoms with Gasteiger partial charge in [0.2, 0.25) is 0 Å². The van der Waals surface area contributed by atoms with E-state index in [-0.39, 0.29) is 5.75 Å². The maximum atomic E-state index is 15.1. The van der Waals surface area contributed by atoms with Gasteiger partial charge in [-0.15, -0.1) is 0 Å². The van der Waals surface area contributed by atoms with Crippen molar-refractivity contribution in [3.05, 3.63) is 83.8 Å². The van der Waals surface area contributed by atoms with Crippen molar-refractivity contribution in [2.45, 2.75) is 19.8 Å². The molecular formula is C28H27FN4O2S. The summed E-state index contributed by atoms with van der Waals surface area (Å²) < 4.78 is 30.0. The number of aliphatic imine (C=N–C) groups is 1. The van der Waals surface area contributed by atoms with Gasteiger partial charge in [0, 0.05) is 55.3 Å². The maximum Gasteiger partial charge on any atom is 0.185 e. The second-order valence-corrected chi connectivity index (χ2v) is 9.27. The molecule has 0 bridgehead atoms. The van der Waals surface area contributed by atoms with Crippen LogP contribution < -0.4 is 14.2 Å². The number of hydrogen-bond acceptors (Lipinski definition) is 7. The van der Waals surface area contributed by atoms with Gasteiger partial charge in [0.1, 0.15) is 11.5 Å². The van der Waals surface area contributed by atoms with Crippen molar-refractivity contribution in [2.24, 2.45) is 4.99 Å². The Morgan fingerprint density at radius 1 is 1.03 bits per heavy atom. The normalized spacial score (nSPS) is 12.5. The van der Waals surface area contributed by atoms with Crippen LogP contribution in [0, 0.1) is 5.82 Å². The first-order chi connectivity index (χ1) is 17.6. The predicted octanol–water partition coefficient (Wildman–Crippen LogP) is 6.97. The van der Waals surface area contributed by atoms with E-state index in [1.165, 1.54) is 23.6 Å². The summed E-state index contributed by atoms with van der Waals surface area (Å²) in [5.41, 5.74) is 4.26. The molecule has 184 valence electrons. The number of fused-ring (bicyclic) bond motifs is 2. The fourth-order valence-electron chi connectivity index (χ4n) is 4.09. The molecule has 0 saturated heterocycles. The molecule has 0 aliphatic carbocycles. The van der Waals surface area contributed by atoms with Crippen molar-refractivity contribution in [2.75, 3.05) is 25.4 Å². The second kappa shape index (κ2) is 10.5. The second-order valence-electron chi connectivity index (χ2n) is 8.50. The molecule has 0 radical (unpaired) electrons. The zero-order valence-electron chi connectivity index (χ0n) is 20.4. The first kappa shape index (κ1) is 23.9. The Morgan fingerprint density at radius 3 is 2.64 bits per heavy atom. The van der Waals surface area contributed by atoms with Crippen molar-refractivity contribution in [3.63, 3.8) is 0 Å². The summed E-state index contributed by atoms with van der Waals surface area (Å²) in [6.07, 6.45) is 3.34. The first-order valence-corrected chi connectivity index (χ1v) is 12.6. The van der Waals surface area contributed by atoms with Crippen molar-refractivity contribution in [1.29, 1.82) is 0 Å². The van der Waals surface area contributed by atoms with E-state index >= 15 is 4.39 Å². The van der Waals surface area contributed by atoms with Crippen molar-refractivity contribution in [1.82, 2.24) is 9.88 Å². The van der Waals surface area contributed by atoms with E-state index in [1.54, 1.807) is 25.4 Å². The van der Waals surface area contributed by atoms with Gasteiger partial charge in [0.15, 0.2) is 16.7 Å². The molecule has 4 aromatic rings. The number of methoxy groups -OCH3 is 1. The molecule has 0 fully saturated rings. The summed E-state index contributed by atoms with van der Waals surface area (Å²) in [5.74, 6) is 0.953. The number of amidine groups is 1. The standard InChI is InChI=1S/C28H27FN4O2S/c1-4-19-14-20-22(16-26(19)34-3)30-12-10-25(20)35-27-17-24-23(15-21(27)29)31-28(36-32-24)33(2)13-11-18-8-6-5-7-9-18/h5-10,12,14-17,32H,4,11,13H2,1-3H3. The number of benzene rings is 3. The SMILES string of the molecule is CCc1cc2c(Oc3cc4c(cc3F)N=C(N(C)CCc3ccccc3)SN4)ccnc2cc1OC. The molecule has 3 aromatic carbocycles. The van der Waals surface area contributed by atoms with Gasteiger partial charge in [0.25, 0.3) is 0 Å². The number of likely N-dealkylation sites (N-methyl/N-ethyl adjacent to an activating group) is 1. The average molecular weight is 503 g/mol. The molecule has 0 spiro atoms. The van der Waals surface area contributed by atoms with Crippen LogP contribution in [0.5, 0.6) is 17.2 Å². The van der Waals surface area contributed by atoms with Gasteiger partial charge in [-0.2, -0.15) is 0 Å². The van der Waals surface area contributed by atoms with Crippen LogP contribution in [-0.4, -0.2) is 35.8 Å². The van der Waals surface area contributed by atoms with Gasteiger partial charge in [-0.3, -0.25) is 4.98 Å². The highest BCUT2D eigenvalue weighted by atomic mass is 32.2. The summed E-state index contributed by atoms with van der Waals surface area (Å²) in [6.45, 7) is 2.86. The summed E-state index contributed by atoms with van der Waals surface area (Å²) in [4.78, 5) is 11.2. The number of hydrogen-bond donors (Lipinski definition) is 1. The maximum absolute atomic E-state index is 15.1. The Hall–Kier alpha value is -3.78. The fourth-order valence-corrected chi connectivity index (χ4v) is 4.85. The minimum Gasteiger partial charge on any atom is -0.496 e. The van der Waals surface area contributed by atoms with Gasteiger partial charge in [-0.1, -0.05) is 37.3 Å². The molecule has 2 heterocycles. The first-order valence-electron chi connectivity index (χ1n) is 11.8. The largest absolute Gasteiger partial charge is 0.496 e. The number of halogens is 1. The van der Waals surface area contributed by atoms with E-state index in [1.807, 2.05) is 37.4 Å². The minimum atomic E-state index is -0.480. The molecule has 0 atom stereocenters. The zero-order chi connectivity index (χ0) is 25.1. The molecule has 1 aliphatic heterocycles. The highest BCUT2D eigenvalue weighted by molar-refractivity contribution is 8.15. The summed E-state index contributed by atoms with van der Waals surface area (Å²) in [6, 6.07) is 19.0. The Bertz CT molecular complexity index is 1430. The van der Waals surface area contributed by atoms with Crippen LogP contribution in [0.1, 0.15) is 18.1 Å². The van der Waals surface area contributed by atoms with Gasteiger partial charge >= 0.3 is 0 Å². The summed E-state index contributed by atoms with van der Waals surface area (Å²) in [5, 5.41) is 1.59. The highest BCUT2D eigenvalue weighted by Gasteiger charge is 2.20. The number of anilines is 1. The lowest BCUT2D eigenvalue weighted by molar-refractivity contribution is 0.410. The number of ether oxygens (including phenoxy) is 2. The number of nitrogens with zero attached hydrogens (tertiary/aromatic N) is 3. The molecule has 36 heavy (non-hydrogen) atoms. The Morgan fingerprint density at radius 2 is 1.86 bits per heavy atom. The molecule has 5 rings (SSSR count). The van der Waals surface area contributed by atoms with Crippen LogP contribution in [0.4, 0.5) is 15.8 Å². The summed E-state index contributed by atoms with van der Waals surface area (Å²) >= 11 is 1.41. The van der Waals surface area contributed by atoms with E-state index in [2.05, 4.69) is 38.7 Å². The third-order valence-corrected chi connectivity index (χ3v) is 7.04. The van der Waals surface area contributed by atoms with E-state index in [0.717, 1.165) is 46.8 Å². The van der Waals surface area contributed by atoms with Crippen LogP contribution in [-0.2, 0) is 12.8 Å². The van der Waals surface area contributed by atoms with Crippen LogP contribution in [0.2, 0.25) is 0 Å². The molecule has 1 aromatic heterocycles. The third kappa shape index (κ3) is 4.95. The quantitative estimate of drug-likeness (QED) is 0.275. The van der Waals surface area contributed by atoms with Gasteiger partial charge < -0.3 is 19.1 Å². The van der Waals surface area contributed by atoms with Crippen LogP contribution in [0.15, 0.2) is 71.9 Å². The number of rotatable bonds is 7. The van der Waals surface area contributed by atoms with E-state index in [0.29, 0.717) is 17.1 Å². The minimum absolute atomic E-state index is 0.124. The van der Waals surface area contributed by atoms with Crippen LogP contribution >= 0.6 is 11.9 Å². The molecule has 6 nitrogen and oxygen atoms in total. The molecule has 8 heteroatoms. The number of pyridine rings is 1. The van der Waals surface area contributed by atoms with Gasteiger partial charge in [-0.05, 0) is 36.1 Å².